The Morgan fingerprint density at radius 3 is 2.55 bits per heavy atom. The van der Waals surface area contributed by atoms with Gasteiger partial charge in [0.2, 0.25) is 0 Å². The number of amides is 1. The Kier molecular flexibility index (Phi) is 4.81. The zero-order valence-electron chi connectivity index (χ0n) is 12.7. The van der Waals surface area contributed by atoms with Crippen LogP contribution in [0.25, 0.3) is 0 Å². The molecule has 2 aromatic rings. The van der Waals surface area contributed by atoms with Crippen molar-refractivity contribution >= 4 is 5.91 Å². The summed E-state index contributed by atoms with van der Waals surface area (Å²) in [4.78, 5) is 18.8. The van der Waals surface area contributed by atoms with Crippen molar-refractivity contribution in [2.24, 2.45) is 0 Å². The van der Waals surface area contributed by atoms with Crippen molar-refractivity contribution in [3.05, 3.63) is 65.5 Å². The van der Waals surface area contributed by atoms with Gasteiger partial charge in [0, 0.05) is 18.3 Å². The first kappa shape index (κ1) is 14.7. The van der Waals surface area contributed by atoms with E-state index in [-0.39, 0.29) is 5.91 Å². The van der Waals surface area contributed by atoms with Gasteiger partial charge in [-0.1, -0.05) is 18.2 Å². The van der Waals surface area contributed by atoms with Crippen LogP contribution < -0.4 is 5.32 Å². The summed E-state index contributed by atoms with van der Waals surface area (Å²) >= 11 is 0. The molecule has 2 heterocycles. The highest BCUT2D eigenvalue weighted by Crippen LogP contribution is 2.13. The van der Waals surface area contributed by atoms with E-state index in [2.05, 4.69) is 15.2 Å². The molecule has 1 fully saturated rings. The molecule has 0 atom stereocenters. The quantitative estimate of drug-likeness (QED) is 0.922. The smallest absolute Gasteiger partial charge is 0.251 e. The third kappa shape index (κ3) is 3.92. The van der Waals surface area contributed by atoms with Gasteiger partial charge in [-0.25, -0.2) is 0 Å². The first-order chi connectivity index (χ1) is 10.8. The Morgan fingerprint density at radius 1 is 1.09 bits per heavy atom. The Bertz CT molecular complexity index is 604. The predicted octanol–water partition coefficient (Wildman–Crippen LogP) is 2.61. The first-order valence-electron chi connectivity index (χ1n) is 7.81. The van der Waals surface area contributed by atoms with Crippen LogP contribution in [0.4, 0.5) is 0 Å². The predicted molar refractivity (Wildman–Crippen MR) is 86.4 cm³/mol. The van der Waals surface area contributed by atoms with Crippen LogP contribution >= 0.6 is 0 Å². The zero-order valence-corrected chi connectivity index (χ0v) is 12.7. The number of rotatable bonds is 5. The molecule has 4 nitrogen and oxygen atoms in total. The average Bonchev–Trinajstić information content (AvgIpc) is 3.07. The van der Waals surface area contributed by atoms with E-state index in [0.717, 1.165) is 12.2 Å². The second kappa shape index (κ2) is 7.18. The fourth-order valence-corrected chi connectivity index (χ4v) is 2.74. The van der Waals surface area contributed by atoms with Gasteiger partial charge in [-0.3, -0.25) is 14.7 Å². The number of carbonyl (C=O) groups is 1. The van der Waals surface area contributed by atoms with Gasteiger partial charge in [0.05, 0.1) is 12.2 Å². The van der Waals surface area contributed by atoms with Gasteiger partial charge >= 0.3 is 0 Å². The second-order valence-electron chi connectivity index (χ2n) is 5.68. The number of hydrogen-bond acceptors (Lipinski definition) is 3. The van der Waals surface area contributed by atoms with Crippen LogP contribution in [0.5, 0.6) is 0 Å². The molecule has 0 bridgehead atoms. The van der Waals surface area contributed by atoms with E-state index in [9.17, 15) is 4.79 Å². The SMILES string of the molecule is O=C(NCc1ccccn1)c1ccc(CN2CCCC2)cc1. The zero-order chi connectivity index (χ0) is 15.2. The fourth-order valence-electron chi connectivity index (χ4n) is 2.74. The van der Waals surface area contributed by atoms with Crippen LogP contribution in [0.15, 0.2) is 48.7 Å². The molecular formula is C18H21N3O. The molecule has 0 spiro atoms. The van der Waals surface area contributed by atoms with Crippen LogP contribution in [-0.2, 0) is 13.1 Å². The van der Waals surface area contributed by atoms with E-state index in [1.807, 2.05) is 42.5 Å². The molecule has 0 radical (unpaired) electrons. The number of benzene rings is 1. The van der Waals surface area contributed by atoms with Crippen LogP contribution in [0, 0.1) is 0 Å². The molecule has 0 saturated carbocycles. The highest BCUT2D eigenvalue weighted by Gasteiger charge is 2.12. The highest BCUT2D eigenvalue weighted by atomic mass is 16.1. The normalized spacial score (nSPS) is 14.9. The molecule has 1 aliphatic heterocycles. The minimum Gasteiger partial charge on any atom is -0.346 e. The lowest BCUT2D eigenvalue weighted by atomic mass is 10.1. The molecule has 3 rings (SSSR count). The van der Waals surface area contributed by atoms with E-state index >= 15 is 0 Å². The van der Waals surface area contributed by atoms with Crippen LogP contribution in [-0.4, -0.2) is 28.9 Å². The number of carbonyl (C=O) groups excluding carboxylic acids is 1. The van der Waals surface area contributed by atoms with Crippen molar-refractivity contribution in [1.29, 1.82) is 0 Å². The van der Waals surface area contributed by atoms with Gasteiger partial charge in [0.1, 0.15) is 0 Å². The first-order valence-corrected chi connectivity index (χ1v) is 7.81. The van der Waals surface area contributed by atoms with Crippen molar-refractivity contribution in [3.63, 3.8) is 0 Å². The molecular weight excluding hydrogens is 274 g/mol. The lowest BCUT2D eigenvalue weighted by molar-refractivity contribution is 0.0950. The molecule has 0 aliphatic carbocycles. The molecule has 114 valence electrons. The summed E-state index contributed by atoms with van der Waals surface area (Å²) in [6.07, 6.45) is 4.33. The summed E-state index contributed by atoms with van der Waals surface area (Å²) in [5.41, 5.74) is 2.82. The standard InChI is InChI=1S/C18H21N3O/c22-18(20-13-17-5-1-2-10-19-17)16-8-6-15(7-9-16)14-21-11-3-4-12-21/h1-2,5-10H,3-4,11-14H2,(H,20,22). The van der Waals surface area contributed by atoms with Gasteiger partial charge in [0.15, 0.2) is 0 Å². The topological polar surface area (TPSA) is 45.2 Å². The van der Waals surface area contributed by atoms with Gasteiger partial charge in [-0.2, -0.15) is 0 Å². The number of likely N-dealkylation sites (tertiary alicyclic amines) is 1. The van der Waals surface area contributed by atoms with Crippen LogP contribution in [0.2, 0.25) is 0 Å². The van der Waals surface area contributed by atoms with E-state index in [1.54, 1.807) is 6.20 Å². The lowest BCUT2D eigenvalue weighted by Gasteiger charge is -2.14. The number of nitrogens with one attached hydrogen (secondary N) is 1. The van der Waals surface area contributed by atoms with Crippen LogP contribution in [0.1, 0.15) is 34.5 Å². The molecule has 1 aromatic heterocycles. The summed E-state index contributed by atoms with van der Waals surface area (Å²) in [5.74, 6) is -0.0571. The maximum absolute atomic E-state index is 12.1. The molecule has 1 amide bonds. The largest absolute Gasteiger partial charge is 0.346 e. The van der Waals surface area contributed by atoms with Crippen molar-refractivity contribution in [2.75, 3.05) is 13.1 Å². The molecule has 4 heteroatoms. The molecule has 1 aliphatic rings. The second-order valence-corrected chi connectivity index (χ2v) is 5.68. The average molecular weight is 295 g/mol. The van der Waals surface area contributed by atoms with E-state index < -0.39 is 0 Å². The number of pyridine rings is 1. The molecule has 1 aromatic carbocycles. The van der Waals surface area contributed by atoms with E-state index in [4.69, 9.17) is 0 Å². The third-order valence-corrected chi connectivity index (χ3v) is 3.98. The molecule has 1 saturated heterocycles. The summed E-state index contributed by atoms with van der Waals surface area (Å²) < 4.78 is 0. The maximum Gasteiger partial charge on any atom is 0.251 e. The highest BCUT2D eigenvalue weighted by molar-refractivity contribution is 5.94. The van der Waals surface area contributed by atoms with Gasteiger partial charge in [-0.15, -0.1) is 0 Å². The summed E-state index contributed by atoms with van der Waals surface area (Å²) in [7, 11) is 0. The number of aromatic nitrogens is 1. The molecule has 0 unspecified atom stereocenters. The van der Waals surface area contributed by atoms with Crippen molar-refractivity contribution in [1.82, 2.24) is 15.2 Å². The van der Waals surface area contributed by atoms with Gasteiger partial charge in [-0.05, 0) is 55.8 Å². The van der Waals surface area contributed by atoms with Crippen molar-refractivity contribution < 1.29 is 4.79 Å². The summed E-state index contributed by atoms with van der Waals surface area (Å²) in [6, 6.07) is 13.6. The minimum absolute atomic E-state index is 0.0571. The Hall–Kier alpha value is -2.20. The number of hydrogen-bond donors (Lipinski definition) is 1. The maximum atomic E-state index is 12.1. The van der Waals surface area contributed by atoms with E-state index in [1.165, 1.54) is 31.5 Å². The number of nitrogens with zero attached hydrogens (tertiary/aromatic N) is 2. The molecule has 22 heavy (non-hydrogen) atoms. The Morgan fingerprint density at radius 2 is 1.86 bits per heavy atom. The third-order valence-electron chi connectivity index (χ3n) is 3.98. The fraction of sp³-hybridized carbons (Fsp3) is 0.333. The molecule has 1 N–H and O–H groups in total. The van der Waals surface area contributed by atoms with Gasteiger partial charge < -0.3 is 5.32 Å². The van der Waals surface area contributed by atoms with Crippen molar-refractivity contribution in [3.8, 4) is 0 Å². The summed E-state index contributed by atoms with van der Waals surface area (Å²) in [5, 5.41) is 2.90. The van der Waals surface area contributed by atoms with Crippen LogP contribution in [0.3, 0.4) is 0 Å². The van der Waals surface area contributed by atoms with Gasteiger partial charge in [0.25, 0.3) is 5.91 Å². The Labute approximate surface area is 131 Å². The van der Waals surface area contributed by atoms with Crippen molar-refractivity contribution in [2.45, 2.75) is 25.9 Å². The monoisotopic (exact) mass is 295 g/mol. The minimum atomic E-state index is -0.0571. The lowest BCUT2D eigenvalue weighted by Crippen LogP contribution is -2.23. The van der Waals surface area contributed by atoms with E-state index in [0.29, 0.717) is 12.1 Å². The Balaban J connectivity index is 1.54. The summed E-state index contributed by atoms with van der Waals surface area (Å²) in [6.45, 7) is 3.81.